The average Bonchev–Trinajstić information content (AvgIpc) is 3.43. The van der Waals surface area contributed by atoms with E-state index in [1.165, 1.54) is 32.4 Å². The predicted octanol–water partition coefficient (Wildman–Crippen LogP) is 8.29. The van der Waals surface area contributed by atoms with E-state index in [4.69, 9.17) is 0 Å². The molecule has 0 aromatic carbocycles. The molecule has 0 unspecified atom stereocenters. The predicted molar refractivity (Wildman–Crippen MR) is 124 cm³/mol. The van der Waals surface area contributed by atoms with Gasteiger partial charge in [-0.05, 0) is 35.7 Å². The summed E-state index contributed by atoms with van der Waals surface area (Å²) in [5, 5.41) is 4.28. The molecule has 3 aromatic rings. The third-order valence-electron chi connectivity index (χ3n) is 4.14. The van der Waals surface area contributed by atoms with Crippen molar-refractivity contribution in [3.8, 4) is 43.2 Å². The molecule has 3 aromatic heterocycles. The molecule has 0 amide bonds. The lowest BCUT2D eigenvalue weighted by Gasteiger charge is -1.96. The number of unbranched alkanes of at least 4 members (excludes halogenated alkanes) is 4. The van der Waals surface area contributed by atoms with Gasteiger partial charge in [-0.2, -0.15) is 0 Å². The molecule has 138 valence electrons. The zero-order valence-corrected chi connectivity index (χ0v) is 18.4. The van der Waals surface area contributed by atoms with E-state index in [2.05, 4.69) is 72.6 Å². The first-order valence-electron chi connectivity index (χ1n) is 9.57. The molecule has 0 N–H and O–H groups in total. The molecule has 0 atom stereocenters. The standard InChI is InChI=1S/C24H24S3/c1-3-5-7-9-13-19-20(14-10-8-6-4-2)24(22-16-12-18-26-22)27-23(19)21-15-11-17-25-21/h11-12,15-18H,3-8H2,1-2H3. The van der Waals surface area contributed by atoms with Crippen molar-refractivity contribution in [3.05, 3.63) is 46.2 Å². The van der Waals surface area contributed by atoms with E-state index >= 15 is 0 Å². The normalized spacial score (nSPS) is 10.1. The van der Waals surface area contributed by atoms with Gasteiger partial charge in [-0.25, -0.2) is 0 Å². The molecular formula is C24H24S3. The molecule has 0 saturated carbocycles. The topological polar surface area (TPSA) is 0 Å². The Morgan fingerprint density at radius 3 is 1.59 bits per heavy atom. The third kappa shape index (κ3) is 5.14. The molecular weight excluding hydrogens is 384 g/mol. The maximum atomic E-state index is 3.50. The Hall–Kier alpha value is -1.78. The van der Waals surface area contributed by atoms with Crippen LogP contribution < -0.4 is 0 Å². The van der Waals surface area contributed by atoms with E-state index in [-0.39, 0.29) is 0 Å². The lowest BCUT2D eigenvalue weighted by atomic mass is 10.1. The highest BCUT2D eigenvalue weighted by Gasteiger charge is 2.19. The van der Waals surface area contributed by atoms with Gasteiger partial charge >= 0.3 is 0 Å². The molecule has 0 aliphatic carbocycles. The van der Waals surface area contributed by atoms with Gasteiger partial charge < -0.3 is 0 Å². The highest BCUT2D eigenvalue weighted by molar-refractivity contribution is 7.26. The molecule has 0 saturated heterocycles. The first kappa shape index (κ1) is 20.0. The van der Waals surface area contributed by atoms with Crippen molar-refractivity contribution in [3.63, 3.8) is 0 Å². The second-order valence-corrected chi connectivity index (χ2v) is 9.19. The van der Waals surface area contributed by atoms with Crippen molar-refractivity contribution < 1.29 is 0 Å². The van der Waals surface area contributed by atoms with Gasteiger partial charge in [-0.1, -0.05) is 62.5 Å². The van der Waals surface area contributed by atoms with Crippen molar-refractivity contribution in [1.82, 2.24) is 0 Å². The Kier molecular flexibility index (Phi) is 7.79. The Labute approximate surface area is 175 Å². The van der Waals surface area contributed by atoms with E-state index in [9.17, 15) is 0 Å². The minimum absolute atomic E-state index is 0.952. The smallest absolute Gasteiger partial charge is 0.0619 e. The Morgan fingerprint density at radius 2 is 1.22 bits per heavy atom. The Morgan fingerprint density at radius 1 is 0.741 bits per heavy atom. The van der Waals surface area contributed by atoms with Crippen LogP contribution in [0.4, 0.5) is 0 Å². The van der Waals surface area contributed by atoms with Crippen molar-refractivity contribution in [2.24, 2.45) is 0 Å². The summed E-state index contributed by atoms with van der Waals surface area (Å²) in [6.07, 6.45) is 6.57. The van der Waals surface area contributed by atoms with Crippen LogP contribution in [0.25, 0.3) is 19.5 Å². The second-order valence-electron chi connectivity index (χ2n) is 6.28. The molecule has 0 aliphatic rings. The monoisotopic (exact) mass is 408 g/mol. The van der Waals surface area contributed by atoms with Gasteiger partial charge in [0, 0.05) is 22.6 Å². The molecule has 0 bridgehead atoms. The molecule has 3 heterocycles. The molecule has 0 aliphatic heterocycles. The zero-order valence-electron chi connectivity index (χ0n) is 15.9. The summed E-state index contributed by atoms with van der Waals surface area (Å²) < 4.78 is 0. The minimum atomic E-state index is 0.952. The summed E-state index contributed by atoms with van der Waals surface area (Å²) in [7, 11) is 0. The lowest BCUT2D eigenvalue weighted by molar-refractivity contribution is 0.828. The number of thiophene rings is 3. The van der Waals surface area contributed by atoms with Crippen LogP contribution in [-0.4, -0.2) is 0 Å². The first-order chi connectivity index (χ1) is 13.3. The maximum Gasteiger partial charge on any atom is 0.0619 e. The number of rotatable bonds is 6. The van der Waals surface area contributed by atoms with Crippen LogP contribution in [0.2, 0.25) is 0 Å². The molecule has 0 radical (unpaired) electrons. The molecule has 0 spiro atoms. The molecule has 3 rings (SSSR count). The molecule has 0 fully saturated rings. The van der Waals surface area contributed by atoms with Crippen molar-refractivity contribution in [1.29, 1.82) is 0 Å². The third-order valence-corrected chi connectivity index (χ3v) is 7.43. The van der Waals surface area contributed by atoms with E-state index in [1.807, 2.05) is 11.3 Å². The van der Waals surface area contributed by atoms with Crippen molar-refractivity contribution in [2.45, 2.75) is 52.4 Å². The van der Waals surface area contributed by atoms with E-state index < -0.39 is 0 Å². The minimum Gasteiger partial charge on any atom is -0.143 e. The van der Waals surface area contributed by atoms with Crippen molar-refractivity contribution >= 4 is 34.0 Å². The van der Waals surface area contributed by atoms with Crippen LogP contribution in [-0.2, 0) is 0 Å². The van der Waals surface area contributed by atoms with Gasteiger partial charge in [0.25, 0.3) is 0 Å². The zero-order chi connectivity index (χ0) is 18.9. The Balaban J connectivity index is 2.12. The average molecular weight is 409 g/mol. The fourth-order valence-corrected chi connectivity index (χ4v) is 5.59. The van der Waals surface area contributed by atoms with Crippen LogP contribution >= 0.6 is 34.0 Å². The van der Waals surface area contributed by atoms with Gasteiger partial charge in [0.1, 0.15) is 0 Å². The highest BCUT2D eigenvalue weighted by atomic mass is 32.1. The van der Waals surface area contributed by atoms with Crippen LogP contribution in [0.5, 0.6) is 0 Å². The number of hydrogen-bond acceptors (Lipinski definition) is 3. The summed E-state index contributed by atoms with van der Waals surface area (Å²) in [5.74, 6) is 13.8. The first-order valence-corrected chi connectivity index (χ1v) is 12.1. The van der Waals surface area contributed by atoms with Gasteiger partial charge in [-0.3, -0.25) is 0 Å². The van der Waals surface area contributed by atoms with Crippen molar-refractivity contribution in [2.75, 3.05) is 0 Å². The van der Waals surface area contributed by atoms with Crippen LogP contribution in [0, 0.1) is 23.7 Å². The van der Waals surface area contributed by atoms with Crippen LogP contribution in [0.1, 0.15) is 63.5 Å². The maximum absolute atomic E-state index is 3.50. The second kappa shape index (κ2) is 10.5. The largest absolute Gasteiger partial charge is 0.143 e. The van der Waals surface area contributed by atoms with Gasteiger partial charge in [0.05, 0.1) is 20.9 Å². The summed E-state index contributed by atoms with van der Waals surface area (Å²) >= 11 is 5.41. The fourth-order valence-electron chi connectivity index (χ4n) is 2.66. The summed E-state index contributed by atoms with van der Waals surface area (Å²) in [5.41, 5.74) is 2.26. The van der Waals surface area contributed by atoms with Gasteiger partial charge in [-0.15, -0.1) is 34.0 Å². The SMILES string of the molecule is CCCCC#Cc1c(-c2cccs2)sc(-c2cccs2)c1C#CCCCC. The van der Waals surface area contributed by atoms with Crippen LogP contribution in [0.15, 0.2) is 35.0 Å². The van der Waals surface area contributed by atoms with Crippen LogP contribution in [0.3, 0.4) is 0 Å². The molecule has 3 heteroatoms. The quantitative estimate of drug-likeness (QED) is 0.284. The van der Waals surface area contributed by atoms with Gasteiger partial charge in [0.15, 0.2) is 0 Å². The van der Waals surface area contributed by atoms with E-state index in [0.29, 0.717) is 0 Å². The molecule has 27 heavy (non-hydrogen) atoms. The Bertz CT molecular complexity index is 870. The van der Waals surface area contributed by atoms with E-state index in [1.54, 1.807) is 22.7 Å². The summed E-state index contributed by atoms with van der Waals surface area (Å²) in [4.78, 5) is 5.13. The highest BCUT2D eigenvalue weighted by Crippen LogP contribution is 2.44. The number of hydrogen-bond donors (Lipinski definition) is 0. The fraction of sp³-hybridized carbons (Fsp3) is 0.333. The molecule has 0 nitrogen and oxygen atoms in total. The van der Waals surface area contributed by atoms with Gasteiger partial charge in [0.2, 0.25) is 0 Å². The summed E-state index contributed by atoms with van der Waals surface area (Å²) in [6, 6.07) is 8.62. The summed E-state index contributed by atoms with van der Waals surface area (Å²) in [6.45, 7) is 4.42. The lowest BCUT2D eigenvalue weighted by Crippen LogP contribution is -1.83. The van der Waals surface area contributed by atoms with E-state index in [0.717, 1.165) is 36.8 Å².